The molecule has 0 aliphatic rings. The van der Waals surface area contributed by atoms with Gasteiger partial charge in [-0.3, -0.25) is 0 Å². The second-order valence-corrected chi connectivity index (χ2v) is 4.99. The Balaban J connectivity index is 2.28. The highest BCUT2D eigenvalue weighted by Gasteiger charge is 2.18. The maximum absolute atomic E-state index is 10.1. The summed E-state index contributed by atoms with van der Waals surface area (Å²) in [6.07, 6.45) is 0.179. The molecule has 0 aliphatic carbocycles. The van der Waals surface area contributed by atoms with Gasteiger partial charge < -0.3 is 9.52 Å². The largest absolute Gasteiger partial charge is 0.463 e. The minimum Gasteiger partial charge on any atom is -0.463 e. The van der Waals surface area contributed by atoms with Crippen molar-refractivity contribution < 1.29 is 9.52 Å². The van der Waals surface area contributed by atoms with Gasteiger partial charge in [0.1, 0.15) is 17.6 Å². The summed E-state index contributed by atoms with van der Waals surface area (Å²) < 4.78 is 6.43. The van der Waals surface area contributed by atoms with Gasteiger partial charge in [0.15, 0.2) is 0 Å². The summed E-state index contributed by atoms with van der Waals surface area (Å²) in [5.74, 6) is 1.51. The molecule has 2 aromatic rings. The highest BCUT2D eigenvalue weighted by molar-refractivity contribution is 9.10. The Morgan fingerprint density at radius 1 is 1.47 bits per heavy atom. The van der Waals surface area contributed by atoms with E-state index in [0.717, 1.165) is 21.5 Å². The summed E-state index contributed by atoms with van der Waals surface area (Å²) in [4.78, 5) is 0.881. The maximum Gasteiger partial charge on any atom is 0.147 e. The van der Waals surface area contributed by atoms with Crippen molar-refractivity contribution in [2.45, 2.75) is 19.4 Å². The molecule has 0 amide bonds. The first-order chi connectivity index (χ1) is 7.22. The Labute approximate surface area is 101 Å². The van der Waals surface area contributed by atoms with E-state index < -0.39 is 6.10 Å². The predicted octanol–water partition coefficient (Wildman–Crippen LogP) is 3.75. The molecule has 0 radical (unpaired) electrons. The zero-order valence-electron chi connectivity index (χ0n) is 8.24. The van der Waals surface area contributed by atoms with Crippen LogP contribution < -0.4 is 0 Å². The number of thiophene rings is 1. The SMILES string of the molecule is CCc1ccc(C(O)c2sccc2Br)o1. The molecular formula is C11H11BrO2S. The Morgan fingerprint density at radius 2 is 2.27 bits per heavy atom. The Bertz CT molecular complexity index is 447. The van der Waals surface area contributed by atoms with Gasteiger partial charge in [-0.2, -0.15) is 0 Å². The number of halogens is 1. The van der Waals surface area contributed by atoms with Crippen molar-refractivity contribution in [2.24, 2.45) is 0 Å². The van der Waals surface area contributed by atoms with E-state index in [1.165, 1.54) is 11.3 Å². The van der Waals surface area contributed by atoms with E-state index in [1.807, 2.05) is 30.5 Å². The summed E-state index contributed by atoms with van der Waals surface area (Å²) in [6, 6.07) is 5.66. The number of aliphatic hydroxyl groups excluding tert-OH is 1. The molecule has 1 atom stereocenters. The van der Waals surface area contributed by atoms with Crippen molar-refractivity contribution in [2.75, 3.05) is 0 Å². The fourth-order valence-corrected chi connectivity index (χ4v) is 2.94. The van der Waals surface area contributed by atoms with Crippen molar-refractivity contribution >= 4 is 27.3 Å². The van der Waals surface area contributed by atoms with Crippen LogP contribution in [-0.2, 0) is 6.42 Å². The van der Waals surface area contributed by atoms with Crippen LogP contribution in [0, 0.1) is 0 Å². The fraction of sp³-hybridized carbons (Fsp3) is 0.273. The summed E-state index contributed by atoms with van der Waals surface area (Å²) in [7, 11) is 0. The van der Waals surface area contributed by atoms with E-state index in [1.54, 1.807) is 0 Å². The second kappa shape index (κ2) is 4.51. The Hall–Kier alpha value is -0.580. The molecule has 2 aromatic heterocycles. The molecule has 0 bridgehead atoms. The van der Waals surface area contributed by atoms with Gasteiger partial charge in [-0.15, -0.1) is 11.3 Å². The average Bonchev–Trinajstić information content (AvgIpc) is 2.84. The maximum atomic E-state index is 10.1. The van der Waals surface area contributed by atoms with Crippen LogP contribution in [0.15, 0.2) is 32.5 Å². The quantitative estimate of drug-likeness (QED) is 0.932. The van der Waals surface area contributed by atoms with Crippen LogP contribution in [0.2, 0.25) is 0 Å². The number of aliphatic hydroxyl groups is 1. The van der Waals surface area contributed by atoms with Crippen LogP contribution >= 0.6 is 27.3 Å². The Kier molecular flexibility index (Phi) is 3.29. The molecule has 2 nitrogen and oxygen atoms in total. The van der Waals surface area contributed by atoms with E-state index >= 15 is 0 Å². The minimum atomic E-state index is -0.667. The van der Waals surface area contributed by atoms with E-state index in [4.69, 9.17) is 4.42 Å². The van der Waals surface area contributed by atoms with Crippen molar-refractivity contribution in [1.82, 2.24) is 0 Å². The van der Waals surface area contributed by atoms with Crippen LogP contribution in [0.5, 0.6) is 0 Å². The fourth-order valence-electron chi connectivity index (χ4n) is 1.36. The molecule has 0 aromatic carbocycles. The second-order valence-electron chi connectivity index (χ2n) is 3.19. The van der Waals surface area contributed by atoms with Crippen molar-refractivity contribution in [3.8, 4) is 0 Å². The summed E-state index contributed by atoms with van der Waals surface area (Å²) in [5, 5.41) is 12.0. The van der Waals surface area contributed by atoms with Crippen molar-refractivity contribution in [3.05, 3.63) is 44.4 Å². The molecule has 2 heterocycles. The molecule has 2 rings (SSSR count). The minimum absolute atomic E-state index is 0.606. The van der Waals surface area contributed by atoms with Crippen LogP contribution in [0.4, 0.5) is 0 Å². The lowest BCUT2D eigenvalue weighted by Crippen LogP contribution is -1.95. The zero-order chi connectivity index (χ0) is 10.8. The van der Waals surface area contributed by atoms with Gasteiger partial charge >= 0.3 is 0 Å². The highest BCUT2D eigenvalue weighted by atomic mass is 79.9. The predicted molar refractivity (Wildman–Crippen MR) is 64.2 cm³/mol. The third-order valence-corrected chi connectivity index (χ3v) is 4.12. The lowest BCUT2D eigenvalue weighted by Gasteiger charge is -2.05. The third kappa shape index (κ3) is 2.17. The van der Waals surface area contributed by atoms with Gasteiger partial charge in [0.05, 0.1) is 4.88 Å². The summed E-state index contributed by atoms with van der Waals surface area (Å²) in [6.45, 7) is 2.02. The van der Waals surface area contributed by atoms with Gasteiger partial charge in [0, 0.05) is 10.9 Å². The molecular weight excluding hydrogens is 276 g/mol. The first kappa shape index (κ1) is 10.9. The number of hydrogen-bond donors (Lipinski definition) is 1. The normalized spacial score (nSPS) is 13.0. The highest BCUT2D eigenvalue weighted by Crippen LogP contribution is 2.33. The van der Waals surface area contributed by atoms with Gasteiger partial charge in [-0.1, -0.05) is 6.92 Å². The molecule has 1 N–H and O–H groups in total. The van der Waals surface area contributed by atoms with E-state index in [2.05, 4.69) is 15.9 Å². The first-order valence-electron chi connectivity index (χ1n) is 4.72. The topological polar surface area (TPSA) is 33.4 Å². The summed E-state index contributed by atoms with van der Waals surface area (Å²) >= 11 is 4.91. The van der Waals surface area contributed by atoms with Crippen LogP contribution in [0.25, 0.3) is 0 Å². The Morgan fingerprint density at radius 3 is 2.80 bits per heavy atom. The molecule has 0 saturated heterocycles. The molecule has 0 spiro atoms. The van der Waals surface area contributed by atoms with Gasteiger partial charge in [0.2, 0.25) is 0 Å². The smallest absolute Gasteiger partial charge is 0.147 e. The van der Waals surface area contributed by atoms with Gasteiger partial charge in [0.25, 0.3) is 0 Å². The molecule has 80 valence electrons. The molecule has 0 saturated carbocycles. The molecule has 0 aliphatic heterocycles. The average molecular weight is 287 g/mol. The number of rotatable bonds is 3. The van der Waals surface area contributed by atoms with E-state index in [9.17, 15) is 5.11 Å². The van der Waals surface area contributed by atoms with Gasteiger partial charge in [-0.05, 0) is 39.5 Å². The molecule has 0 fully saturated rings. The van der Waals surface area contributed by atoms with Crippen molar-refractivity contribution in [1.29, 1.82) is 0 Å². The summed E-state index contributed by atoms with van der Waals surface area (Å²) in [5.41, 5.74) is 0. The van der Waals surface area contributed by atoms with Crippen LogP contribution in [0.3, 0.4) is 0 Å². The standard InChI is InChI=1S/C11H11BrO2S/c1-2-7-3-4-9(14-7)10(13)11-8(12)5-6-15-11/h3-6,10,13H,2H2,1H3. The van der Waals surface area contributed by atoms with Gasteiger partial charge in [-0.25, -0.2) is 0 Å². The van der Waals surface area contributed by atoms with E-state index in [0.29, 0.717) is 5.76 Å². The van der Waals surface area contributed by atoms with Crippen LogP contribution in [-0.4, -0.2) is 5.11 Å². The molecule has 4 heteroatoms. The first-order valence-corrected chi connectivity index (χ1v) is 6.39. The molecule has 15 heavy (non-hydrogen) atoms. The number of hydrogen-bond acceptors (Lipinski definition) is 3. The number of furan rings is 1. The lowest BCUT2D eigenvalue weighted by molar-refractivity contribution is 0.190. The monoisotopic (exact) mass is 286 g/mol. The zero-order valence-corrected chi connectivity index (χ0v) is 10.6. The van der Waals surface area contributed by atoms with Crippen molar-refractivity contribution in [3.63, 3.8) is 0 Å². The lowest BCUT2D eigenvalue weighted by atomic mass is 10.2. The van der Waals surface area contributed by atoms with E-state index in [-0.39, 0.29) is 0 Å². The van der Waals surface area contributed by atoms with Crippen LogP contribution in [0.1, 0.15) is 29.4 Å². The molecule has 1 unspecified atom stereocenters. The number of aryl methyl sites for hydroxylation is 1. The third-order valence-electron chi connectivity index (χ3n) is 2.19.